The van der Waals surface area contributed by atoms with Crippen LogP contribution < -0.4 is 5.56 Å². The van der Waals surface area contributed by atoms with Crippen LogP contribution in [0.3, 0.4) is 0 Å². The predicted octanol–water partition coefficient (Wildman–Crippen LogP) is 2.97. The standard InChI is InChI=1S/C20H20N4O2/c1-13-7-9-15(10-8-13)18-22-12-16(19(25)23-18)20(26)24(3)14(2)17-6-4-5-11-21-17/h4-12,14H,1-3H3,(H,22,23,25). The number of pyridine rings is 1. The Balaban J connectivity index is 1.86. The van der Waals surface area contributed by atoms with Gasteiger partial charge in [0, 0.05) is 25.0 Å². The number of hydrogen-bond acceptors (Lipinski definition) is 4. The monoisotopic (exact) mass is 348 g/mol. The highest BCUT2D eigenvalue weighted by Crippen LogP contribution is 2.18. The van der Waals surface area contributed by atoms with Crippen molar-refractivity contribution in [3.8, 4) is 11.4 Å². The molecule has 6 nitrogen and oxygen atoms in total. The molecule has 0 saturated heterocycles. The number of nitrogens with one attached hydrogen (secondary N) is 1. The van der Waals surface area contributed by atoms with Crippen molar-refractivity contribution in [3.05, 3.63) is 82.0 Å². The largest absolute Gasteiger partial charge is 0.333 e. The van der Waals surface area contributed by atoms with E-state index in [-0.39, 0.29) is 11.6 Å². The van der Waals surface area contributed by atoms with Gasteiger partial charge < -0.3 is 9.88 Å². The van der Waals surface area contributed by atoms with E-state index in [1.807, 2.05) is 56.3 Å². The normalized spacial score (nSPS) is 11.8. The number of aromatic nitrogens is 3. The van der Waals surface area contributed by atoms with Gasteiger partial charge in [0.1, 0.15) is 11.4 Å². The van der Waals surface area contributed by atoms with Gasteiger partial charge in [0.25, 0.3) is 11.5 Å². The molecule has 26 heavy (non-hydrogen) atoms. The highest BCUT2D eigenvalue weighted by molar-refractivity contribution is 5.93. The maximum atomic E-state index is 12.7. The predicted molar refractivity (Wildman–Crippen MR) is 99.8 cm³/mol. The molecular formula is C20H20N4O2. The minimum absolute atomic E-state index is 0.00569. The zero-order valence-electron chi connectivity index (χ0n) is 14.9. The van der Waals surface area contributed by atoms with Crippen LogP contribution in [0.25, 0.3) is 11.4 Å². The Morgan fingerprint density at radius 1 is 1.12 bits per heavy atom. The lowest BCUT2D eigenvalue weighted by Crippen LogP contribution is -2.34. The lowest BCUT2D eigenvalue weighted by atomic mass is 10.1. The van der Waals surface area contributed by atoms with Gasteiger partial charge in [0.05, 0.1) is 11.7 Å². The third kappa shape index (κ3) is 3.54. The first-order chi connectivity index (χ1) is 12.5. The topological polar surface area (TPSA) is 79.0 Å². The molecule has 0 bridgehead atoms. The van der Waals surface area contributed by atoms with Crippen molar-refractivity contribution in [3.63, 3.8) is 0 Å². The first-order valence-corrected chi connectivity index (χ1v) is 8.32. The van der Waals surface area contributed by atoms with Crippen molar-refractivity contribution >= 4 is 5.91 Å². The van der Waals surface area contributed by atoms with Gasteiger partial charge in [-0.05, 0) is 26.0 Å². The Labute approximate surface area is 151 Å². The molecule has 132 valence electrons. The summed E-state index contributed by atoms with van der Waals surface area (Å²) in [4.78, 5) is 37.8. The molecule has 3 rings (SSSR count). The molecular weight excluding hydrogens is 328 g/mol. The Bertz CT molecular complexity index is 965. The fourth-order valence-corrected chi connectivity index (χ4v) is 2.59. The molecule has 2 aromatic heterocycles. The number of carbonyl (C=O) groups excluding carboxylic acids is 1. The van der Waals surface area contributed by atoms with Gasteiger partial charge in [-0.25, -0.2) is 4.98 Å². The van der Waals surface area contributed by atoms with Crippen LogP contribution in [-0.4, -0.2) is 32.8 Å². The fraction of sp³-hybridized carbons (Fsp3) is 0.200. The van der Waals surface area contributed by atoms with Gasteiger partial charge in [0.2, 0.25) is 0 Å². The van der Waals surface area contributed by atoms with E-state index >= 15 is 0 Å². The molecule has 1 amide bonds. The summed E-state index contributed by atoms with van der Waals surface area (Å²) in [6.45, 7) is 3.85. The molecule has 0 saturated carbocycles. The van der Waals surface area contributed by atoms with Crippen LogP contribution in [-0.2, 0) is 0 Å². The first kappa shape index (κ1) is 17.5. The number of aromatic amines is 1. The van der Waals surface area contributed by atoms with E-state index in [1.165, 1.54) is 11.1 Å². The summed E-state index contributed by atoms with van der Waals surface area (Å²) in [5, 5.41) is 0. The molecule has 0 aliphatic rings. The van der Waals surface area contributed by atoms with Crippen LogP contribution in [0, 0.1) is 6.92 Å². The van der Waals surface area contributed by atoms with E-state index in [4.69, 9.17) is 0 Å². The van der Waals surface area contributed by atoms with Crippen molar-refractivity contribution in [2.45, 2.75) is 19.9 Å². The second-order valence-electron chi connectivity index (χ2n) is 6.19. The van der Waals surface area contributed by atoms with Crippen LogP contribution in [0.1, 0.15) is 34.6 Å². The molecule has 0 spiro atoms. The van der Waals surface area contributed by atoms with Crippen LogP contribution in [0.2, 0.25) is 0 Å². The van der Waals surface area contributed by atoms with Gasteiger partial charge >= 0.3 is 0 Å². The average Bonchev–Trinajstić information content (AvgIpc) is 2.67. The number of nitrogens with zero attached hydrogens (tertiary/aromatic N) is 3. The molecule has 6 heteroatoms. The van der Waals surface area contributed by atoms with E-state index in [2.05, 4.69) is 15.0 Å². The van der Waals surface area contributed by atoms with Crippen molar-refractivity contribution < 1.29 is 4.79 Å². The SMILES string of the molecule is Cc1ccc(-c2ncc(C(=O)N(C)C(C)c3ccccn3)c(=O)[nH]2)cc1. The summed E-state index contributed by atoms with van der Waals surface area (Å²) < 4.78 is 0. The summed E-state index contributed by atoms with van der Waals surface area (Å²) in [6.07, 6.45) is 3.01. The lowest BCUT2D eigenvalue weighted by Gasteiger charge is -2.24. The van der Waals surface area contributed by atoms with Gasteiger partial charge in [0.15, 0.2) is 0 Å². The minimum atomic E-state index is -0.458. The van der Waals surface area contributed by atoms with E-state index in [0.29, 0.717) is 5.82 Å². The number of H-pyrrole nitrogens is 1. The average molecular weight is 348 g/mol. The Kier molecular flexibility index (Phi) is 4.93. The summed E-state index contributed by atoms with van der Waals surface area (Å²) in [7, 11) is 1.65. The van der Waals surface area contributed by atoms with Gasteiger partial charge in [-0.3, -0.25) is 14.6 Å². The quantitative estimate of drug-likeness (QED) is 0.786. The number of carbonyl (C=O) groups is 1. The van der Waals surface area contributed by atoms with Crippen molar-refractivity contribution in [1.29, 1.82) is 0 Å². The smallest absolute Gasteiger partial charge is 0.264 e. The number of amides is 1. The van der Waals surface area contributed by atoms with E-state index in [1.54, 1.807) is 13.2 Å². The summed E-state index contributed by atoms with van der Waals surface area (Å²) in [5.74, 6) is 0.0411. The Morgan fingerprint density at radius 3 is 2.46 bits per heavy atom. The Morgan fingerprint density at radius 2 is 1.85 bits per heavy atom. The molecule has 1 atom stereocenters. The maximum absolute atomic E-state index is 12.7. The summed E-state index contributed by atoms with van der Waals surface area (Å²) in [6, 6.07) is 12.9. The fourth-order valence-electron chi connectivity index (χ4n) is 2.59. The van der Waals surface area contributed by atoms with Crippen LogP contribution in [0.15, 0.2) is 59.7 Å². The highest BCUT2D eigenvalue weighted by Gasteiger charge is 2.22. The van der Waals surface area contributed by atoms with Gasteiger partial charge in [-0.2, -0.15) is 0 Å². The number of hydrogen-bond donors (Lipinski definition) is 1. The first-order valence-electron chi connectivity index (χ1n) is 8.32. The van der Waals surface area contributed by atoms with Crippen molar-refractivity contribution in [2.75, 3.05) is 7.05 Å². The van der Waals surface area contributed by atoms with E-state index in [0.717, 1.165) is 16.8 Å². The number of rotatable bonds is 4. The molecule has 1 unspecified atom stereocenters. The van der Waals surface area contributed by atoms with Gasteiger partial charge in [-0.1, -0.05) is 35.9 Å². The summed E-state index contributed by atoms with van der Waals surface area (Å²) in [5.41, 5.74) is 2.21. The van der Waals surface area contributed by atoms with Crippen molar-refractivity contribution in [1.82, 2.24) is 19.9 Å². The summed E-state index contributed by atoms with van der Waals surface area (Å²) >= 11 is 0. The van der Waals surface area contributed by atoms with E-state index < -0.39 is 11.5 Å². The molecule has 0 aliphatic carbocycles. The molecule has 0 fully saturated rings. The molecule has 1 N–H and O–H groups in total. The lowest BCUT2D eigenvalue weighted by molar-refractivity contribution is 0.0737. The number of aryl methyl sites for hydroxylation is 1. The second kappa shape index (κ2) is 7.31. The van der Waals surface area contributed by atoms with Crippen LogP contribution >= 0.6 is 0 Å². The second-order valence-corrected chi connectivity index (χ2v) is 6.19. The maximum Gasteiger partial charge on any atom is 0.264 e. The zero-order valence-corrected chi connectivity index (χ0v) is 14.9. The third-order valence-electron chi connectivity index (χ3n) is 4.37. The van der Waals surface area contributed by atoms with Crippen LogP contribution in [0.4, 0.5) is 0 Å². The Hall–Kier alpha value is -3.28. The molecule has 0 aliphatic heterocycles. The number of benzene rings is 1. The zero-order chi connectivity index (χ0) is 18.7. The third-order valence-corrected chi connectivity index (χ3v) is 4.37. The van der Waals surface area contributed by atoms with Gasteiger partial charge in [-0.15, -0.1) is 0 Å². The van der Waals surface area contributed by atoms with Crippen LogP contribution in [0.5, 0.6) is 0 Å². The molecule has 1 aromatic carbocycles. The molecule has 0 radical (unpaired) electrons. The van der Waals surface area contributed by atoms with Crippen molar-refractivity contribution in [2.24, 2.45) is 0 Å². The highest BCUT2D eigenvalue weighted by atomic mass is 16.2. The molecule has 2 heterocycles. The van der Waals surface area contributed by atoms with E-state index in [9.17, 15) is 9.59 Å². The molecule has 3 aromatic rings. The minimum Gasteiger partial charge on any atom is -0.333 e.